The van der Waals surface area contributed by atoms with Gasteiger partial charge in [-0.1, -0.05) is 50.8 Å². The van der Waals surface area contributed by atoms with Crippen LogP contribution in [0.25, 0.3) is 0 Å². The number of anilines is 2. The third-order valence-electron chi connectivity index (χ3n) is 4.67. The van der Waals surface area contributed by atoms with Gasteiger partial charge in [-0.2, -0.15) is 0 Å². The molecular weight excluding hydrogens is 372 g/mol. The van der Waals surface area contributed by atoms with Crippen LogP contribution in [0.3, 0.4) is 0 Å². The van der Waals surface area contributed by atoms with Crippen molar-refractivity contribution in [1.82, 2.24) is 0 Å². The van der Waals surface area contributed by atoms with E-state index in [0.29, 0.717) is 17.8 Å². The molecule has 0 unspecified atom stereocenters. The van der Waals surface area contributed by atoms with Crippen LogP contribution in [0.5, 0.6) is 0 Å². The maximum atomic E-state index is 12.7. The lowest BCUT2D eigenvalue weighted by molar-refractivity contribution is -0.116. The number of amides is 1. The molecule has 0 aliphatic carbocycles. The van der Waals surface area contributed by atoms with Gasteiger partial charge in [-0.25, -0.2) is 8.42 Å². The Balaban J connectivity index is 1.96. The second-order valence-electron chi connectivity index (χ2n) is 7.11. The van der Waals surface area contributed by atoms with E-state index in [1.165, 1.54) is 25.0 Å². The summed E-state index contributed by atoms with van der Waals surface area (Å²) < 4.78 is 28.0. The van der Waals surface area contributed by atoms with E-state index in [4.69, 9.17) is 0 Å². The Morgan fingerprint density at radius 3 is 2.11 bits per heavy atom. The van der Waals surface area contributed by atoms with Crippen LogP contribution in [0.4, 0.5) is 11.4 Å². The Hall–Kier alpha value is -2.34. The highest BCUT2D eigenvalue weighted by molar-refractivity contribution is 7.92. The van der Waals surface area contributed by atoms with E-state index in [2.05, 4.69) is 17.0 Å². The highest BCUT2D eigenvalue weighted by Gasteiger charge is 2.16. The lowest BCUT2D eigenvalue weighted by atomic mass is 10.1. The van der Waals surface area contributed by atoms with Crippen LogP contribution in [0.1, 0.15) is 56.6 Å². The van der Waals surface area contributed by atoms with Crippen LogP contribution in [0, 0.1) is 13.8 Å². The molecule has 0 aliphatic heterocycles. The van der Waals surface area contributed by atoms with Crippen LogP contribution >= 0.6 is 0 Å². The fourth-order valence-electron chi connectivity index (χ4n) is 3.00. The molecule has 2 aromatic rings. The summed E-state index contributed by atoms with van der Waals surface area (Å²) in [6, 6.07) is 11.9. The SMILES string of the molecule is CCCCCCCC(=O)Nc1ccc(S(=O)(=O)Nc2c(C)cccc2C)cc1. The molecule has 0 saturated carbocycles. The quantitative estimate of drug-likeness (QED) is 0.522. The number of carbonyl (C=O) groups is 1. The Labute approximate surface area is 168 Å². The number of benzene rings is 2. The molecule has 0 fully saturated rings. The van der Waals surface area contributed by atoms with Crippen LogP contribution in [0.2, 0.25) is 0 Å². The summed E-state index contributed by atoms with van der Waals surface area (Å²) >= 11 is 0. The number of nitrogens with one attached hydrogen (secondary N) is 2. The lowest BCUT2D eigenvalue weighted by Crippen LogP contribution is -2.15. The number of carbonyl (C=O) groups excluding carboxylic acids is 1. The number of hydrogen-bond donors (Lipinski definition) is 2. The van der Waals surface area contributed by atoms with Crippen molar-refractivity contribution in [3.05, 3.63) is 53.6 Å². The second-order valence-corrected chi connectivity index (χ2v) is 8.79. The van der Waals surface area contributed by atoms with Gasteiger partial charge in [0.2, 0.25) is 5.91 Å². The fraction of sp³-hybridized carbons (Fsp3) is 0.409. The summed E-state index contributed by atoms with van der Waals surface area (Å²) in [5.74, 6) is -0.0410. The molecule has 0 spiro atoms. The number of rotatable bonds is 10. The first kappa shape index (κ1) is 22.0. The summed E-state index contributed by atoms with van der Waals surface area (Å²) in [5, 5.41) is 2.83. The van der Waals surface area contributed by atoms with Crippen molar-refractivity contribution in [2.45, 2.75) is 64.2 Å². The molecule has 28 heavy (non-hydrogen) atoms. The molecule has 1 amide bonds. The van der Waals surface area contributed by atoms with Crippen LogP contribution < -0.4 is 10.0 Å². The zero-order valence-electron chi connectivity index (χ0n) is 16.9. The van der Waals surface area contributed by atoms with Gasteiger partial charge in [0.1, 0.15) is 0 Å². The van der Waals surface area contributed by atoms with Crippen molar-refractivity contribution in [1.29, 1.82) is 0 Å². The first-order valence-electron chi connectivity index (χ1n) is 9.82. The number of aryl methyl sites for hydroxylation is 2. The van der Waals surface area contributed by atoms with E-state index in [9.17, 15) is 13.2 Å². The largest absolute Gasteiger partial charge is 0.326 e. The molecule has 0 aromatic heterocycles. The maximum absolute atomic E-state index is 12.7. The third-order valence-corrected chi connectivity index (χ3v) is 6.04. The van der Waals surface area contributed by atoms with Gasteiger partial charge < -0.3 is 5.32 Å². The minimum Gasteiger partial charge on any atom is -0.326 e. The van der Waals surface area contributed by atoms with E-state index in [1.807, 2.05) is 32.0 Å². The molecule has 0 bridgehead atoms. The van der Waals surface area contributed by atoms with Crippen molar-refractivity contribution < 1.29 is 13.2 Å². The van der Waals surface area contributed by atoms with E-state index < -0.39 is 10.0 Å². The third kappa shape index (κ3) is 6.37. The van der Waals surface area contributed by atoms with Gasteiger partial charge in [0.25, 0.3) is 10.0 Å². The summed E-state index contributed by atoms with van der Waals surface area (Å²) in [6.45, 7) is 5.89. The number of sulfonamides is 1. The first-order chi connectivity index (χ1) is 13.3. The number of hydrogen-bond acceptors (Lipinski definition) is 3. The fourth-order valence-corrected chi connectivity index (χ4v) is 4.20. The molecule has 0 saturated heterocycles. The van der Waals surface area contributed by atoms with Crippen molar-refractivity contribution in [2.75, 3.05) is 10.0 Å². The molecule has 152 valence electrons. The molecule has 2 N–H and O–H groups in total. The van der Waals surface area contributed by atoms with Crippen LogP contribution in [-0.4, -0.2) is 14.3 Å². The summed E-state index contributed by atoms with van der Waals surface area (Å²) in [7, 11) is -3.69. The average molecular weight is 403 g/mol. The minimum absolute atomic E-state index is 0.0410. The minimum atomic E-state index is -3.69. The van der Waals surface area contributed by atoms with Gasteiger partial charge in [-0.3, -0.25) is 9.52 Å². The van der Waals surface area contributed by atoms with E-state index in [1.54, 1.807) is 12.1 Å². The predicted molar refractivity (Wildman–Crippen MR) is 115 cm³/mol. The van der Waals surface area contributed by atoms with Gasteiger partial charge in [-0.05, 0) is 55.7 Å². The van der Waals surface area contributed by atoms with E-state index in [-0.39, 0.29) is 10.8 Å². The van der Waals surface area contributed by atoms with Crippen molar-refractivity contribution in [3.63, 3.8) is 0 Å². The van der Waals surface area contributed by atoms with Gasteiger partial charge in [0.05, 0.1) is 10.6 Å². The molecular formula is C22H30N2O3S. The van der Waals surface area contributed by atoms with Crippen molar-refractivity contribution >= 4 is 27.3 Å². The molecule has 5 nitrogen and oxygen atoms in total. The summed E-state index contributed by atoms with van der Waals surface area (Å²) in [6.07, 6.45) is 5.95. The smallest absolute Gasteiger partial charge is 0.261 e. The summed E-state index contributed by atoms with van der Waals surface area (Å²) in [5.41, 5.74) is 2.94. The van der Waals surface area contributed by atoms with Crippen LogP contribution in [0.15, 0.2) is 47.4 Å². The Bertz CT molecular complexity index is 870. The zero-order chi connectivity index (χ0) is 20.6. The highest BCUT2D eigenvalue weighted by Crippen LogP contribution is 2.24. The van der Waals surface area contributed by atoms with E-state index in [0.717, 1.165) is 30.4 Å². The van der Waals surface area contributed by atoms with Gasteiger partial charge in [0.15, 0.2) is 0 Å². The lowest BCUT2D eigenvalue weighted by Gasteiger charge is -2.13. The normalized spacial score (nSPS) is 11.2. The van der Waals surface area contributed by atoms with Crippen LogP contribution in [-0.2, 0) is 14.8 Å². The molecule has 2 aromatic carbocycles. The zero-order valence-corrected chi connectivity index (χ0v) is 17.7. The topological polar surface area (TPSA) is 75.3 Å². The Morgan fingerprint density at radius 2 is 1.50 bits per heavy atom. The second kappa shape index (κ2) is 10.3. The Morgan fingerprint density at radius 1 is 0.893 bits per heavy atom. The van der Waals surface area contributed by atoms with Crippen molar-refractivity contribution in [3.8, 4) is 0 Å². The predicted octanol–water partition coefficient (Wildman–Crippen LogP) is 5.40. The summed E-state index contributed by atoms with van der Waals surface area (Å²) in [4.78, 5) is 12.2. The molecule has 0 aliphatic rings. The molecule has 0 radical (unpaired) electrons. The molecule has 0 atom stereocenters. The van der Waals surface area contributed by atoms with Gasteiger partial charge >= 0.3 is 0 Å². The monoisotopic (exact) mass is 402 g/mol. The maximum Gasteiger partial charge on any atom is 0.261 e. The number of para-hydroxylation sites is 1. The van der Waals surface area contributed by atoms with Gasteiger partial charge in [0, 0.05) is 12.1 Å². The Kier molecular flexibility index (Phi) is 8.05. The number of unbranched alkanes of at least 4 members (excludes halogenated alkanes) is 4. The van der Waals surface area contributed by atoms with E-state index >= 15 is 0 Å². The molecule has 2 rings (SSSR count). The average Bonchev–Trinajstić information content (AvgIpc) is 2.65. The van der Waals surface area contributed by atoms with Crippen molar-refractivity contribution in [2.24, 2.45) is 0 Å². The molecule has 0 heterocycles. The standard InChI is InChI=1S/C22H30N2O3S/c1-4-5-6-7-8-12-21(25)23-19-13-15-20(16-14-19)28(26,27)24-22-17(2)10-9-11-18(22)3/h9-11,13-16,24H,4-8,12H2,1-3H3,(H,23,25). The van der Waals surface area contributed by atoms with Gasteiger partial charge in [-0.15, -0.1) is 0 Å². The highest BCUT2D eigenvalue weighted by atomic mass is 32.2. The molecule has 6 heteroatoms. The first-order valence-corrected chi connectivity index (χ1v) is 11.3.